The van der Waals surface area contributed by atoms with Crippen LogP contribution in [0.4, 0.5) is 0 Å². The van der Waals surface area contributed by atoms with E-state index in [0.717, 1.165) is 5.56 Å². The van der Waals surface area contributed by atoms with Crippen molar-refractivity contribution in [3.63, 3.8) is 0 Å². The Morgan fingerprint density at radius 2 is 2.00 bits per heavy atom. The van der Waals surface area contributed by atoms with Gasteiger partial charge in [0.25, 0.3) is 0 Å². The van der Waals surface area contributed by atoms with Crippen LogP contribution in [-0.2, 0) is 16.1 Å². The molecule has 2 unspecified atom stereocenters. The summed E-state index contributed by atoms with van der Waals surface area (Å²) in [6.45, 7) is 3.49. The van der Waals surface area contributed by atoms with Crippen LogP contribution in [0.1, 0.15) is 25.0 Å². The standard InChI is InChI=1S/C15H18N2O3/c1-10(11(2)15(19)20)14(18)17(3)9-13-6-4-5-12(7-13)8-16/h4-7,10-11H,9H2,1-3H3,(H,19,20). The van der Waals surface area contributed by atoms with Crippen LogP contribution >= 0.6 is 0 Å². The molecular formula is C15H18N2O3. The Morgan fingerprint density at radius 3 is 2.55 bits per heavy atom. The van der Waals surface area contributed by atoms with E-state index in [2.05, 4.69) is 0 Å². The van der Waals surface area contributed by atoms with Gasteiger partial charge in [-0.25, -0.2) is 0 Å². The number of nitrogens with zero attached hydrogens (tertiary/aromatic N) is 2. The van der Waals surface area contributed by atoms with Crippen molar-refractivity contribution < 1.29 is 14.7 Å². The van der Waals surface area contributed by atoms with Gasteiger partial charge in [0.05, 0.1) is 17.6 Å². The summed E-state index contributed by atoms with van der Waals surface area (Å²) in [5, 5.41) is 17.8. The van der Waals surface area contributed by atoms with Gasteiger partial charge in [-0.2, -0.15) is 5.26 Å². The van der Waals surface area contributed by atoms with Crippen molar-refractivity contribution in [1.29, 1.82) is 5.26 Å². The minimum atomic E-state index is -0.981. The van der Waals surface area contributed by atoms with Crippen LogP contribution in [0.5, 0.6) is 0 Å². The zero-order chi connectivity index (χ0) is 15.3. The Balaban J connectivity index is 2.75. The molecule has 1 aromatic carbocycles. The number of carboxylic acids is 1. The molecule has 0 bridgehead atoms. The average molecular weight is 274 g/mol. The fraction of sp³-hybridized carbons (Fsp3) is 0.400. The molecule has 0 radical (unpaired) electrons. The number of amides is 1. The summed E-state index contributed by atoms with van der Waals surface area (Å²) in [5.41, 5.74) is 1.38. The summed E-state index contributed by atoms with van der Waals surface area (Å²) in [6.07, 6.45) is 0. The van der Waals surface area contributed by atoms with E-state index in [1.165, 1.54) is 11.8 Å². The number of hydrogen-bond acceptors (Lipinski definition) is 3. The first-order chi connectivity index (χ1) is 9.36. The molecule has 0 aliphatic carbocycles. The van der Waals surface area contributed by atoms with Crippen LogP contribution in [0.15, 0.2) is 24.3 Å². The summed E-state index contributed by atoms with van der Waals surface area (Å²) in [7, 11) is 1.63. The van der Waals surface area contributed by atoms with E-state index in [1.807, 2.05) is 12.1 Å². The first-order valence-corrected chi connectivity index (χ1v) is 6.33. The largest absolute Gasteiger partial charge is 0.481 e. The third-order valence-electron chi connectivity index (χ3n) is 3.38. The van der Waals surface area contributed by atoms with E-state index in [0.29, 0.717) is 12.1 Å². The number of carboxylic acid groups (broad SMARTS) is 1. The molecule has 2 atom stereocenters. The molecule has 0 aliphatic rings. The summed E-state index contributed by atoms with van der Waals surface area (Å²) in [5.74, 6) is -2.51. The number of carbonyl (C=O) groups excluding carboxylic acids is 1. The van der Waals surface area contributed by atoms with E-state index in [1.54, 1.807) is 32.2 Å². The molecule has 1 rings (SSSR count). The summed E-state index contributed by atoms with van der Waals surface area (Å²) in [6, 6.07) is 9.05. The predicted molar refractivity (Wildman–Crippen MR) is 73.6 cm³/mol. The van der Waals surface area contributed by atoms with Gasteiger partial charge < -0.3 is 10.0 Å². The van der Waals surface area contributed by atoms with Gasteiger partial charge in [0.15, 0.2) is 0 Å². The lowest BCUT2D eigenvalue weighted by Gasteiger charge is -2.23. The maximum absolute atomic E-state index is 12.1. The fourth-order valence-electron chi connectivity index (χ4n) is 1.87. The van der Waals surface area contributed by atoms with Gasteiger partial charge in [-0.05, 0) is 17.7 Å². The Labute approximate surface area is 118 Å². The Bertz CT molecular complexity index is 548. The number of carbonyl (C=O) groups is 2. The predicted octanol–water partition coefficient (Wildman–Crippen LogP) is 1.87. The van der Waals surface area contributed by atoms with E-state index < -0.39 is 17.8 Å². The molecule has 5 nitrogen and oxygen atoms in total. The second-order valence-electron chi connectivity index (χ2n) is 4.92. The second kappa shape index (κ2) is 6.71. The van der Waals surface area contributed by atoms with Crippen LogP contribution in [-0.4, -0.2) is 28.9 Å². The molecule has 106 valence electrons. The molecule has 0 saturated heterocycles. The summed E-state index contributed by atoms with van der Waals surface area (Å²) in [4.78, 5) is 24.5. The number of rotatable bonds is 5. The van der Waals surface area contributed by atoms with Gasteiger partial charge >= 0.3 is 5.97 Å². The van der Waals surface area contributed by atoms with Gasteiger partial charge in [0, 0.05) is 19.5 Å². The summed E-state index contributed by atoms with van der Waals surface area (Å²) >= 11 is 0. The normalized spacial score (nSPS) is 13.1. The molecule has 1 amide bonds. The third kappa shape index (κ3) is 3.82. The maximum atomic E-state index is 12.1. The monoisotopic (exact) mass is 274 g/mol. The number of benzene rings is 1. The summed E-state index contributed by atoms with van der Waals surface area (Å²) < 4.78 is 0. The molecule has 1 N–H and O–H groups in total. The zero-order valence-electron chi connectivity index (χ0n) is 11.8. The molecule has 0 heterocycles. The lowest BCUT2D eigenvalue weighted by Crippen LogP contribution is -2.36. The molecule has 0 aliphatic heterocycles. The number of aliphatic carboxylic acids is 1. The molecule has 0 aromatic heterocycles. The number of nitriles is 1. The molecule has 0 spiro atoms. The van der Waals surface area contributed by atoms with Crippen molar-refractivity contribution in [3.05, 3.63) is 35.4 Å². The third-order valence-corrected chi connectivity index (χ3v) is 3.38. The van der Waals surface area contributed by atoms with Crippen LogP contribution in [0, 0.1) is 23.2 Å². The van der Waals surface area contributed by atoms with E-state index in [9.17, 15) is 9.59 Å². The SMILES string of the molecule is CC(C(=O)O)C(C)C(=O)N(C)Cc1cccc(C#N)c1. The number of hydrogen-bond donors (Lipinski definition) is 1. The maximum Gasteiger partial charge on any atom is 0.307 e. The molecule has 20 heavy (non-hydrogen) atoms. The Kier molecular flexibility index (Phi) is 5.27. The molecule has 1 aromatic rings. The van der Waals surface area contributed by atoms with Crippen molar-refractivity contribution >= 4 is 11.9 Å². The first kappa shape index (κ1) is 15.7. The van der Waals surface area contributed by atoms with Crippen LogP contribution in [0.3, 0.4) is 0 Å². The second-order valence-corrected chi connectivity index (χ2v) is 4.92. The van der Waals surface area contributed by atoms with Gasteiger partial charge in [0.2, 0.25) is 5.91 Å². The van der Waals surface area contributed by atoms with Crippen LogP contribution < -0.4 is 0 Å². The molecule has 0 saturated carbocycles. The Morgan fingerprint density at radius 1 is 1.35 bits per heavy atom. The lowest BCUT2D eigenvalue weighted by atomic mass is 9.94. The highest BCUT2D eigenvalue weighted by Crippen LogP contribution is 2.16. The van der Waals surface area contributed by atoms with Crippen molar-refractivity contribution in [1.82, 2.24) is 4.90 Å². The van der Waals surface area contributed by atoms with Gasteiger partial charge in [-0.1, -0.05) is 26.0 Å². The minimum absolute atomic E-state index is 0.220. The quantitative estimate of drug-likeness (QED) is 0.888. The minimum Gasteiger partial charge on any atom is -0.481 e. The van der Waals surface area contributed by atoms with Gasteiger partial charge in [-0.15, -0.1) is 0 Å². The van der Waals surface area contributed by atoms with Gasteiger partial charge in [0.1, 0.15) is 0 Å². The highest BCUT2D eigenvalue weighted by molar-refractivity contribution is 5.84. The molecule has 0 fully saturated rings. The van der Waals surface area contributed by atoms with E-state index in [-0.39, 0.29) is 5.91 Å². The van der Waals surface area contributed by atoms with E-state index >= 15 is 0 Å². The van der Waals surface area contributed by atoms with Crippen LogP contribution in [0.2, 0.25) is 0 Å². The molecule has 5 heteroatoms. The van der Waals surface area contributed by atoms with Crippen molar-refractivity contribution in [2.24, 2.45) is 11.8 Å². The topological polar surface area (TPSA) is 81.4 Å². The lowest BCUT2D eigenvalue weighted by molar-refractivity contribution is -0.148. The molecular weight excluding hydrogens is 256 g/mol. The van der Waals surface area contributed by atoms with Crippen molar-refractivity contribution in [2.45, 2.75) is 20.4 Å². The van der Waals surface area contributed by atoms with Gasteiger partial charge in [-0.3, -0.25) is 9.59 Å². The van der Waals surface area contributed by atoms with Crippen molar-refractivity contribution in [3.8, 4) is 6.07 Å². The Hall–Kier alpha value is -2.35. The van der Waals surface area contributed by atoms with E-state index in [4.69, 9.17) is 10.4 Å². The average Bonchev–Trinajstić information content (AvgIpc) is 2.44. The van der Waals surface area contributed by atoms with Crippen LogP contribution in [0.25, 0.3) is 0 Å². The van der Waals surface area contributed by atoms with Crippen molar-refractivity contribution in [2.75, 3.05) is 7.05 Å². The first-order valence-electron chi connectivity index (χ1n) is 6.33. The highest BCUT2D eigenvalue weighted by atomic mass is 16.4. The highest BCUT2D eigenvalue weighted by Gasteiger charge is 2.27. The smallest absolute Gasteiger partial charge is 0.307 e. The zero-order valence-corrected chi connectivity index (χ0v) is 11.8. The fourth-order valence-corrected chi connectivity index (χ4v) is 1.87.